The number of carboxylic acid groups (broad SMARTS) is 1. The molecule has 146 valence electrons. The predicted octanol–water partition coefficient (Wildman–Crippen LogP) is 5.47. The lowest BCUT2D eigenvalue weighted by Crippen LogP contribution is -2.19. The van der Waals surface area contributed by atoms with E-state index in [1.165, 1.54) is 16.7 Å². The monoisotopic (exact) mass is 419 g/mol. The summed E-state index contributed by atoms with van der Waals surface area (Å²) in [6.45, 7) is 5.31. The summed E-state index contributed by atoms with van der Waals surface area (Å²) >= 11 is 12.0. The number of nitrogens with zero attached hydrogens (tertiary/aromatic N) is 1. The van der Waals surface area contributed by atoms with Crippen LogP contribution in [0.3, 0.4) is 0 Å². The molecule has 3 aromatic rings. The summed E-state index contributed by atoms with van der Waals surface area (Å²) < 4.78 is 1.44. The standard InChI is InChI=1S/C21H19Cl2NO4/c1-10(2)18(21(27)28)19-11(3)24(16-9-15(23)17(25)8-14(16)19)20(26)12-4-6-13(22)7-5-12/h4-10,18,25H,1-3H3,(H,27,28). The maximum Gasteiger partial charge on any atom is 0.311 e. The van der Waals surface area contributed by atoms with Crippen LogP contribution in [0.4, 0.5) is 0 Å². The van der Waals surface area contributed by atoms with Crippen LogP contribution in [0.5, 0.6) is 5.75 Å². The first kappa shape index (κ1) is 20.2. The van der Waals surface area contributed by atoms with Crippen LogP contribution >= 0.6 is 23.2 Å². The minimum absolute atomic E-state index is 0.0816. The second-order valence-electron chi connectivity index (χ2n) is 7.03. The van der Waals surface area contributed by atoms with E-state index in [9.17, 15) is 19.8 Å². The Balaban J connectivity index is 2.36. The van der Waals surface area contributed by atoms with Crippen molar-refractivity contribution >= 4 is 46.0 Å². The molecule has 0 fully saturated rings. The average Bonchev–Trinajstić information content (AvgIpc) is 2.87. The van der Waals surface area contributed by atoms with Gasteiger partial charge >= 0.3 is 5.97 Å². The highest BCUT2D eigenvalue weighted by atomic mass is 35.5. The number of carboxylic acids is 1. The Hall–Kier alpha value is -2.50. The van der Waals surface area contributed by atoms with E-state index in [1.807, 2.05) is 0 Å². The van der Waals surface area contributed by atoms with Crippen molar-refractivity contribution in [3.05, 3.63) is 63.3 Å². The van der Waals surface area contributed by atoms with Gasteiger partial charge in [-0.1, -0.05) is 37.0 Å². The topological polar surface area (TPSA) is 79.5 Å². The maximum absolute atomic E-state index is 13.2. The molecule has 1 unspecified atom stereocenters. The fourth-order valence-corrected chi connectivity index (χ4v) is 3.85. The molecule has 2 N–H and O–H groups in total. The van der Waals surface area contributed by atoms with Crippen molar-refractivity contribution in [3.8, 4) is 5.75 Å². The van der Waals surface area contributed by atoms with Crippen LogP contribution < -0.4 is 0 Å². The number of phenols is 1. The highest BCUT2D eigenvalue weighted by molar-refractivity contribution is 6.33. The lowest BCUT2D eigenvalue weighted by atomic mass is 9.86. The zero-order chi connectivity index (χ0) is 20.7. The number of rotatable bonds is 4. The van der Waals surface area contributed by atoms with Gasteiger partial charge in [-0.2, -0.15) is 0 Å². The quantitative estimate of drug-likeness (QED) is 0.586. The molecule has 1 aromatic heterocycles. The van der Waals surface area contributed by atoms with E-state index >= 15 is 0 Å². The number of aliphatic carboxylic acids is 1. The number of aromatic nitrogens is 1. The largest absolute Gasteiger partial charge is 0.506 e. The van der Waals surface area contributed by atoms with Gasteiger partial charge in [0.15, 0.2) is 0 Å². The molecule has 0 aliphatic carbocycles. The predicted molar refractivity (Wildman–Crippen MR) is 110 cm³/mol. The fourth-order valence-electron chi connectivity index (χ4n) is 3.57. The molecular weight excluding hydrogens is 401 g/mol. The molecule has 0 aliphatic rings. The molecule has 28 heavy (non-hydrogen) atoms. The molecule has 0 aliphatic heterocycles. The normalized spacial score (nSPS) is 12.5. The van der Waals surface area contributed by atoms with E-state index in [-0.39, 0.29) is 22.6 Å². The van der Waals surface area contributed by atoms with Gasteiger partial charge in [0.1, 0.15) is 5.75 Å². The third-order valence-corrected chi connectivity index (χ3v) is 5.41. The summed E-state index contributed by atoms with van der Waals surface area (Å²) in [4.78, 5) is 25.2. The Morgan fingerprint density at radius 2 is 1.68 bits per heavy atom. The van der Waals surface area contributed by atoms with Gasteiger partial charge < -0.3 is 10.2 Å². The average molecular weight is 420 g/mol. The lowest BCUT2D eigenvalue weighted by Gasteiger charge is -2.17. The van der Waals surface area contributed by atoms with Gasteiger partial charge in [0.05, 0.1) is 16.5 Å². The maximum atomic E-state index is 13.2. The van der Waals surface area contributed by atoms with Gasteiger partial charge in [-0.05, 0) is 54.8 Å². The molecule has 5 nitrogen and oxygen atoms in total. The number of hydrogen-bond donors (Lipinski definition) is 2. The van der Waals surface area contributed by atoms with Gasteiger partial charge in [0, 0.05) is 21.7 Å². The van der Waals surface area contributed by atoms with Crippen LogP contribution in [-0.2, 0) is 4.79 Å². The van der Waals surface area contributed by atoms with E-state index in [2.05, 4.69) is 0 Å². The van der Waals surface area contributed by atoms with E-state index in [1.54, 1.807) is 45.0 Å². The summed E-state index contributed by atoms with van der Waals surface area (Å²) in [5.41, 5.74) is 1.84. The van der Waals surface area contributed by atoms with Crippen molar-refractivity contribution < 1.29 is 19.8 Å². The van der Waals surface area contributed by atoms with Crippen LogP contribution in [0, 0.1) is 12.8 Å². The van der Waals surface area contributed by atoms with Crippen molar-refractivity contribution in [1.29, 1.82) is 0 Å². The molecule has 0 amide bonds. The van der Waals surface area contributed by atoms with E-state index < -0.39 is 11.9 Å². The summed E-state index contributed by atoms with van der Waals surface area (Å²) in [6.07, 6.45) is 0. The second kappa shape index (κ2) is 7.49. The first-order chi connectivity index (χ1) is 13.1. The number of halogens is 2. The number of carbonyl (C=O) groups is 2. The molecule has 7 heteroatoms. The SMILES string of the molecule is Cc1c(C(C(=O)O)C(C)C)c2cc(O)c(Cl)cc2n1C(=O)c1ccc(Cl)cc1. The van der Waals surface area contributed by atoms with Crippen LogP contribution in [0.25, 0.3) is 10.9 Å². The van der Waals surface area contributed by atoms with Crippen molar-refractivity contribution in [2.24, 2.45) is 5.92 Å². The smallest absolute Gasteiger partial charge is 0.311 e. The van der Waals surface area contributed by atoms with Crippen molar-refractivity contribution in [2.75, 3.05) is 0 Å². The Morgan fingerprint density at radius 3 is 2.21 bits per heavy atom. The van der Waals surface area contributed by atoms with Crippen molar-refractivity contribution in [2.45, 2.75) is 26.7 Å². The van der Waals surface area contributed by atoms with E-state index in [0.717, 1.165) is 0 Å². The third kappa shape index (κ3) is 3.36. The first-order valence-corrected chi connectivity index (χ1v) is 9.45. The van der Waals surface area contributed by atoms with Crippen LogP contribution in [0.1, 0.15) is 41.4 Å². The molecule has 0 saturated heterocycles. The number of hydrogen-bond acceptors (Lipinski definition) is 3. The highest BCUT2D eigenvalue weighted by Gasteiger charge is 2.32. The minimum Gasteiger partial charge on any atom is -0.506 e. The Morgan fingerprint density at radius 1 is 1.07 bits per heavy atom. The van der Waals surface area contributed by atoms with Gasteiger partial charge in [-0.3, -0.25) is 14.2 Å². The summed E-state index contributed by atoms with van der Waals surface area (Å²) in [5.74, 6) is -2.56. The van der Waals surface area contributed by atoms with Gasteiger partial charge in [-0.25, -0.2) is 0 Å². The molecular formula is C21H19Cl2NO4. The van der Waals surface area contributed by atoms with E-state index in [0.29, 0.717) is 32.7 Å². The molecule has 3 rings (SSSR count). The van der Waals surface area contributed by atoms with E-state index in [4.69, 9.17) is 23.2 Å². The van der Waals surface area contributed by atoms with Gasteiger partial charge in [0.2, 0.25) is 0 Å². The highest BCUT2D eigenvalue weighted by Crippen LogP contribution is 2.40. The number of fused-ring (bicyclic) bond motifs is 1. The molecule has 2 aromatic carbocycles. The van der Waals surface area contributed by atoms with Gasteiger partial charge in [0.25, 0.3) is 5.91 Å². The summed E-state index contributed by atoms with van der Waals surface area (Å²) in [5, 5.41) is 21.0. The second-order valence-corrected chi connectivity index (χ2v) is 7.87. The Kier molecular flexibility index (Phi) is 5.41. The third-order valence-electron chi connectivity index (χ3n) is 4.86. The number of benzene rings is 2. The van der Waals surface area contributed by atoms with Crippen LogP contribution in [0.2, 0.25) is 10.0 Å². The van der Waals surface area contributed by atoms with Crippen molar-refractivity contribution in [1.82, 2.24) is 4.57 Å². The van der Waals surface area contributed by atoms with Crippen LogP contribution in [0.15, 0.2) is 36.4 Å². The molecule has 0 radical (unpaired) electrons. The molecule has 0 saturated carbocycles. The van der Waals surface area contributed by atoms with Crippen molar-refractivity contribution in [3.63, 3.8) is 0 Å². The number of carbonyl (C=O) groups excluding carboxylic acids is 1. The Labute approximate surface area is 172 Å². The number of phenolic OH excluding ortho intramolecular Hbond substituents is 1. The summed E-state index contributed by atoms with van der Waals surface area (Å²) in [7, 11) is 0. The zero-order valence-electron chi connectivity index (χ0n) is 15.5. The molecule has 1 atom stereocenters. The molecule has 0 spiro atoms. The molecule has 1 heterocycles. The van der Waals surface area contributed by atoms with Gasteiger partial charge in [-0.15, -0.1) is 0 Å². The zero-order valence-corrected chi connectivity index (χ0v) is 17.0. The Bertz CT molecular complexity index is 1080. The summed E-state index contributed by atoms with van der Waals surface area (Å²) in [6, 6.07) is 9.34. The minimum atomic E-state index is -0.995. The first-order valence-electron chi connectivity index (χ1n) is 8.70. The lowest BCUT2D eigenvalue weighted by molar-refractivity contribution is -0.139. The number of aromatic hydroxyl groups is 1. The molecule has 0 bridgehead atoms. The fraction of sp³-hybridized carbons (Fsp3) is 0.238. The van der Waals surface area contributed by atoms with Crippen LogP contribution in [-0.4, -0.2) is 26.7 Å².